The first-order chi connectivity index (χ1) is 12.2. The van der Waals surface area contributed by atoms with Gasteiger partial charge in [-0.2, -0.15) is 0 Å². The van der Waals surface area contributed by atoms with Gasteiger partial charge in [-0.3, -0.25) is 0 Å². The normalized spacial score (nSPS) is 24.4. The van der Waals surface area contributed by atoms with Crippen LogP contribution in [0.3, 0.4) is 0 Å². The molecule has 4 rings (SSSR count). The molecule has 1 aliphatic carbocycles. The van der Waals surface area contributed by atoms with Crippen LogP contribution in [0, 0.1) is 11.8 Å². The zero-order valence-electron chi connectivity index (χ0n) is 14.4. The Morgan fingerprint density at radius 1 is 1.08 bits per heavy atom. The number of nitrogens with zero attached hydrogens (tertiary/aromatic N) is 1. The van der Waals surface area contributed by atoms with E-state index >= 15 is 0 Å². The van der Waals surface area contributed by atoms with Crippen LogP contribution in [0.1, 0.15) is 23.5 Å². The van der Waals surface area contributed by atoms with Crippen molar-refractivity contribution in [3.63, 3.8) is 0 Å². The summed E-state index contributed by atoms with van der Waals surface area (Å²) in [7, 11) is 1.68. The summed E-state index contributed by atoms with van der Waals surface area (Å²) in [5.74, 6) is 2.59. The van der Waals surface area contributed by atoms with E-state index < -0.39 is 0 Å². The predicted octanol–water partition coefficient (Wildman–Crippen LogP) is 4.07. The van der Waals surface area contributed by atoms with Crippen LogP contribution in [-0.4, -0.2) is 31.2 Å². The number of fused-ring (bicyclic) bond motifs is 1. The van der Waals surface area contributed by atoms with Gasteiger partial charge in [0.1, 0.15) is 12.4 Å². The maximum Gasteiger partial charge on any atom is 0.410 e. The summed E-state index contributed by atoms with van der Waals surface area (Å²) in [6.45, 7) is 1.97. The van der Waals surface area contributed by atoms with Crippen LogP contribution in [0.5, 0.6) is 5.75 Å². The maximum absolute atomic E-state index is 12.4. The van der Waals surface area contributed by atoms with Crippen molar-refractivity contribution in [3.05, 3.63) is 65.7 Å². The van der Waals surface area contributed by atoms with Crippen LogP contribution in [0.25, 0.3) is 0 Å². The number of hydrogen-bond acceptors (Lipinski definition) is 3. The summed E-state index contributed by atoms with van der Waals surface area (Å²) in [6.07, 6.45) is 0.964. The lowest BCUT2D eigenvalue weighted by atomic mass is 9.64. The van der Waals surface area contributed by atoms with E-state index in [-0.39, 0.29) is 6.09 Å². The van der Waals surface area contributed by atoms with Crippen LogP contribution < -0.4 is 4.74 Å². The van der Waals surface area contributed by atoms with Crippen molar-refractivity contribution in [1.82, 2.24) is 4.90 Å². The number of rotatable bonds is 4. The number of hydrogen-bond donors (Lipinski definition) is 0. The first kappa shape index (κ1) is 16.0. The quantitative estimate of drug-likeness (QED) is 0.844. The molecule has 0 aromatic heterocycles. The van der Waals surface area contributed by atoms with Gasteiger partial charge < -0.3 is 14.4 Å². The Labute approximate surface area is 148 Å². The lowest BCUT2D eigenvalue weighted by Gasteiger charge is -2.39. The fourth-order valence-corrected chi connectivity index (χ4v) is 4.10. The van der Waals surface area contributed by atoms with Crippen molar-refractivity contribution in [1.29, 1.82) is 0 Å². The number of carbonyl (C=O) groups excluding carboxylic acids is 1. The molecule has 0 spiro atoms. The highest BCUT2D eigenvalue weighted by Crippen LogP contribution is 2.51. The van der Waals surface area contributed by atoms with Crippen LogP contribution in [-0.2, 0) is 11.3 Å². The minimum atomic E-state index is -0.188. The molecule has 3 atom stereocenters. The standard InChI is InChI=1S/C21H23NO3/c1-24-18-9-7-16(8-10-18)19-11-17-12-22(13-20(17)19)21(23)25-14-15-5-3-2-4-6-15/h2-10,17,19-20H,11-14H2,1H3/t17-,19-,20+/m1/s1. The largest absolute Gasteiger partial charge is 0.497 e. The molecular formula is C21H23NO3. The molecule has 1 saturated heterocycles. The van der Waals surface area contributed by atoms with Gasteiger partial charge >= 0.3 is 6.09 Å². The Kier molecular flexibility index (Phi) is 4.35. The highest BCUT2D eigenvalue weighted by Gasteiger charge is 2.48. The number of benzene rings is 2. The van der Waals surface area contributed by atoms with Crippen LogP contribution in [0.4, 0.5) is 4.79 Å². The Balaban J connectivity index is 1.32. The number of ether oxygens (including phenoxy) is 2. The van der Waals surface area contributed by atoms with E-state index in [1.165, 1.54) is 5.56 Å². The molecular weight excluding hydrogens is 314 g/mol. The third-order valence-corrected chi connectivity index (χ3v) is 5.57. The summed E-state index contributed by atoms with van der Waals surface area (Å²) in [5, 5.41) is 0. The average Bonchev–Trinajstić information content (AvgIpc) is 2.98. The highest BCUT2D eigenvalue weighted by atomic mass is 16.6. The van der Waals surface area contributed by atoms with Crippen LogP contribution in [0.15, 0.2) is 54.6 Å². The monoisotopic (exact) mass is 337 g/mol. The van der Waals surface area contributed by atoms with E-state index in [9.17, 15) is 4.79 Å². The molecule has 130 valence electrons. The molecule has 0 N–H and O–H groups in total. The minimum Gasteiger partial charge on any atom is -0.497 e. The molecule has 2 aromatic rings. The molecule has 0 unspecified atom stereocenters. The van der Waals surface area contributed by atoms with E-state index in [0.29, 0.717) is 24.4 Å². The number of methoxy groups -OCH3 is 1. The average molecular weight is 337 g/mol. The summed E-state index contributed by atoms with van der Waals surface area (Å²) >= 11 is 0. The van der Waals surface area contributed by atoms with Crippen molar-refractivity contribution in [3.8, 4) is 5.75 Å². The second-order valence-electron chi connectivity index (χ2n) is 6.98. The Morgan fingerprint density at radius 3 is 2.56 bits per heavy atom. The summed E-state index contributed by atoms with van der Waals surface area (Å²) < 4.78 is 10.7. The molecule has 4 heteroatoms. The third kappa shape index (κ3) is 3.21. The molecule has 0 bridgehead atoms. The number of carbonyl (C=O) groups is 1. The van der Waals surface area contributed by atoms with Gasteiger partial charge in [0.15, 0.2) is 0 Å². The van der Waals surface area contributed by atoms with Gasteiger partial charge in [0.05, 0.1) is 7.11 Å². The summed E-state index contributed by atoms with van der Waals surface area (Å²) in [6, 6.07) is 18.2. The molecule has 4 nitrogen and oxygen atoms in total. The fourth-order valence-electron chi connectivity index (χ4n) is 4.10. The minimum absolute atomic E-state index is 0.188. The number of amides is 1. The van der Waals surface area contributed by atoms with Crippen molar-refractivity contribution in [2.75, 3.05) is 20.2 Å². The zero-order valence-corrected chi connectivity index (χ0v) is 14.4. The van der Waals surface area contributed by atoms with E-state index in [4.69, 9.17) is 9.47 Å². The molecule has 2 fully saturated rings. The van der Waals surface area contributed by atoms with Crippen LogP contribution in [0.2, 0.25) is 0 Å². The lowest BCUT2D eigenvalue weighted by molar-refractivity contribution is 0.103. The summed E-state index contributed by atoms with van der Waals surface area (Å²) in [4.78, 5) is 14.2. The summed E-state index contributed by atoms with van der Waals surface area (Å²) in [5.41, 5.74) is 2.37. The fraction of sp³-hybridized carbons (Fsp3) is 0.381. The smallest absolute Gasteiger partial charge is 0.410 e. The van der Waals surface area contributed by atoms with Gasteiger partial charge in [0.2, 0.25) is 0 Å². The molecule has 1 saturated carbocycles. The van der Waals surface area contributed by atoms with Crippen LogP contribution >= 0.6 is 0 Å². The maximum atomic E-state index is 12.4. The van der Waals surface area contributed by atoms with Crippen molar-refractivity contribution in [2.45, 2.75) is 18.9 Å². The molecule has 0 radical (unpaired) electrons. The third-order valence-electron chi connectivity index (χ3n) is 5.57. The molecule has 25 heavy (non-hydrogen) atoms. The van der Waals surface area contributed by atoms with Gasteiger partial charge in [-0.1, -0.05) is 42.5 Å². The lowest BCUT2D eigenvalue weighted by Crippen LogP contribution is -2.33. The van der Waals surface area contributed by atoms with Crippen molar-refractivity contribution < 1.29 is 14.3 Å². The van der Waals surface area contributed by atoms with Crippen molar-refractivity contribution in [2.24, 2.45) is 11.8 Å². The Morgan fingerprint density at radius 2 is 1.84 bits per heavy atom. The van der Waals surface area contributed by atoms with Gasteiger partial charge in [-0.25, -0.2) is 4.79 Å². The second kappa shape index (κ2) is 6.79. The first-order valence-corrected chi connectivity index (χ1v) is 8.84. The Hall–Kier alpha value is -2.49. The van der Waals surface area contributed by atoms with Gasteiger partial charge in [-0.05, 0) is 47.4 Å². The highest BCUT2D eigenvalue weighted by molar-refractivity contribution is 5.68. The number of likely N-dealkylation sites (tertiary alicyclic amines) is 1. The van der Waals surface area contributed by atoms with Gasteiger partial charge in [0, 0.05) is 13.1 Å². The predicted molar refractivity (Wildman–Crippen MR) is 95.5 cm³/mol. The van der Waals surface area contributed by atoms with E-state index in [1.807, 2.05) is 47.4 Å². The SMILES string of the molecule is COc1ccc([C@H]2C[C@@H]3CN(C(=O)OCc4ccccc4)C[C@@H]32)cc1. The van der Waals surface area contributed by atoms with E-state index in [1.54, 1.807) is 7.11 Å². The zero-order chi connectivity index (χ0) is 17.2. The van der Waals surface area contributed by atoms with E-state index in [0.717, 1.165) is 30.8 Å². The first-order valence-electron chi connectivity index (χ1n) is 8.84. The topological polar surface area (TPSA) is 38.8 Å². The molecule has 1 amide bonds. The van der Waals surface area contributed by atoms with E-state index in [2.05, 4.69) is 12.1 Å². The molecule has 2 aromatic carbocycles. The second-order valence-corrected chi connectivity index (χ2v) is 6.98. The van der Waals surface area contributed by atoms with Crippen molar-refractivity contribution >= 4 is 6.09 Å². The van der Waals surface area contributed by atoms with Gasteiger partial charge in [-0.15, -0.1) is 0 Å². The molecule has 1 aliphatic heterocycles. The molecule has 1 heterocycles. The molecule has 2 aliphatic rings. The Bertz CT molecular complexity index is 729. The van der Waals surface area contributed by atoms with Gasteiger partial charge in [0.25, 0.3) is 0 Å².